The van der Waals surface area contributed by atoms with Crippen molar-refractivity contribution >= 4 is 33.2 Å². The Morgan fingerprint density at radius 3 is 2.09 bits per heavy atom. The minimum Gasteiger partial charge on any atom is -0.207 e. The molecule has 0 aliphatic heterocycles. The van der Waals surface area contributed by atoms with Gasteiger partial charge < -0.3 is 0 Å². The summed E-state index contributed by atoms with van der Waals surface area (Å²) in [5.74, 6) is 0. The Hall–Kier alpha value is -1.28. The molecule has 0 spiro atoms. The first-order valence-electron chi connectivity index (χ1n) is 6.20. The van der Waals surface area contributed by atoms with Crippen molar-refractivity contribution in [2.45, 2.75) is 17.6 Å². The van der Waals surface area contributed by atoms with E-state index in [4.69, 9.17) is 23.2 Å². The van der Waals surface area contributed by atoms with Gasteiger partial charge in [-0.15, -0.1) is 0 Å². The van der Waals surface area contributed by atoms with E-state index in [-0.39, 0.29) is 21.5 Å². The lowest BCUT2D eigenvalue weighted by atomic mass is 10.1. The molecule has 23 heavy (non-hydrogen) atoms. The van der Waals surface area contributed by atoms with Crippen LogP contribution in [0.3, 0.4) is 0 Å². The van der Waals surface area contributed by atoms with E-state index < -0.39 is 21.8 Å². The maximum Gasteiger partial charge on any atom is 0.416 e. The van der Waals surface area contributed by atoms with Crippen LogP contribution in [-0.2, 0) is 22.7 Å². The third-order valence-corrected chi connectivity index (χ3v) is 5.09. The van der Waals surface area contributed by atoms with Gasteiger partial charge in [-0.2, -0.15) is 13.2 Å². The highest BCUT2D eigenvalue weighted by Gasteiger charge is 2.29. The molecule has 0 amide bonds. The van der Waals surface area contributed by atoms with Gasteiger partial charge in [-0.25, -0.2) is 13.1 Å². The zero-order chi connectivity index (χ0) is 17.3. The molecule has 0 bridgehead atoms. The van der Waals surface area contributed by atoms with Crippen LogP contribution in [0, 0.1) is 0 Å². The molecule has 0 unspecified atom stereocenters. The molecule has 124 valence electrons. The van der Waals surface area contributed by atoms with Crippen molar-refractivity contribution < 1.29 is 21.6 Å². The Morgan fingerprint density at radius 2 is 1.57 bits per heavy atom. The molecular weight excluding hydrogens is 374 g/mol. The lowest BCUT2D eigenvalue weighted by Gasteiger charge is -2.09. The van der Waals surface area contributed by atoms with E-state index in [1.165, 1.54) is 30.3 Å². The van der Waals surface area contributed by atoms with Crippen LogP contribution in [-0.4, -0.2) is 8.42 Å². The molecule has 0 radical (unpaired) electrons. The first kappa shape index (κ1) is 18.1. The van der Waals surface area contributed by atoms with Crippen LogP contribution in [0.4, 0.5) is 13.2 Å². The molecule has 0 heterocycles. The number of benzene rings is 2. The fraction of sp³-hybridized carbons (Fsp3) is 0.143. The zero-order valence-corrected chi connectivity index (χ0v) is 13.7. The van der Waals surface area contributed by atoms with Crippen LogP contribution in [0.5, 0.6) is 0 Å². The highest BCUT2D eigenvalue weighted by Crippen LogP contribution is 2.29. The summed E-state index contributed by atoms with van der Waals surface area (Å²) in [5.41, 5.74) is -0.407. The van der Waals surface area contributed by atoms with Crippen molar-refractivity contribution in [3.8, 4) is 0 Å². The molecular formula is C14H10Cl2F3NO2S. The van der Waals surface area contributed by atoms with Crippen LogP contribution < -0.4 is 4.72 Å². The Balaban J connectivity index is 2.11. The highest BCUT2D eigenvalue weighted by atomic mass is 35.5. The molecule has 0 aromatic heterocycles. The number of halogens is 5. The molecule has 1 N–H and O–H groups in total. The molecule has 9 heteroatoms. The van der Waals surface area contributed by atoms with Gasteiger partial charge in [-0.05, 0) is 35.9 Å². The molecule has 0 saturated heterocycles. The van der Waals surface area contributed by atoms with Crippen molar-refractivity contribution in [1.82, 2.24) is 4.72 Å². The normalized spacial score (nSPS) is 12.4. The highest BCUT2D eigenvalue weighted by molar-refractivity contribution is 7.89. The van der Waals surface area contributed by atoms with E-state index in [1.54, 1.807) is 0 Å². The molecule has 2 aromatic carbocycles. The van der Waals surface area contributed by atoms with Gasteiger partial charge in [0.25, 0.3) is 0 Å². The Labute approximate surface area is 141 Å². The zero-order valence-electron chi connectivity index (χ0n) is 11.4. The van der Waals surface area contributed by atoms with Crippen molar-refractivity contribution in [3.63, 3.8) is 0 Å². The van der Waals surface area contributed by atoms with Crippen molar-refractivity contribution in [2.24, 2.45) is 0 Å². The van der Waals surface area contributed by atoms with Crippen LogP contribution in [0.2, 0.25) is 10.0 Å². The van der Waals surface area contributed by atoms with Crippen LogP contribution >= 0.6 is 23.2 Å². The summed E-state index contributed by atoms with van der Waals surface area (Å²) in [5, 5.41) is 0.303. The number of alkyl halides is 3. The Bertz CT molecular complexity index is 806. The van der Waals surface area contributed by atoms with Crippen molar-refractivity contribution in [3.05, 3.63) is 63.6 Å². The van der Waals surface area contributed by atoms with Gasteiger partial charge in [0.1, 0.15) is 0 Å². The smallest absolute Gasteiger partial charge is 0.207 e. The summed E-state index contributed by atoms with van der Waals surface area (Å²) in [7, 11) is -3.85. The lowest BCUT2D eigenvalue weighted by Crippen LogP contribution is -2.23. The average molecular weight is 384 g/mol. The summed E-state index contributed by atoms with van der Waals surface area (Å²) in [6.07, 6.45) is -4.43. The van der Waals surface area contributed by atoms with Gasteiger partial charge in [-0.3, -0.25) is 0 Å². The predicted molar refractivity (Wildman–Crippen MR) is 81.9 cm³/mol. The maximum absolute atomic E-state index is 12.5. The van der Waals surface area contributed by atoms with Gasteiger partial charge in [0.15, 0.2) is 0 Å². The van der Waals surface area contributed by atoms with E-state index in [2.05, 4.69) is 4.72 Å². The lowest BCUT2D eigenvalue weighted by molar-refractivity contribution is -0.137. The number of hydrogen-bond acceptors (Lipinski definition) is 2. The standard InChI is InChI=1S/C14H10Cl2F3NO2S/c15-12-6-5-11(7-13(12)16)23(21,22)20-8-9-1-3-10(4-2-9)14(17,18)19/h1-7,20H,8H2. The molecule has 0 aliphatic carbocycles. The SMILES string of the molecule is O=S(=O)(NCc1ccc(C(F)(F)F)cc1)c1ccc(Cl)c(Cl)c1. The first-order chi connectivity index (χ1) is 10.6. The van der Waals surface area contributed by atoms with Gasteiger partial charge in [0, 0.05) is 6.54 Å². The fourth-order valence-electron chi connectivity index (χ4n) is 1.72. The van der Waals surface area contributed by atoms with Crippen molar-refractivity contribution in [1.29, 1.82) is 0 Å². The molecule has 0 atom stereocenters. The molecule has 0 aliphatic rings. The summed E-state index contributed by atoms with van der Waals surface area (Å²) in [6, 6.07) is 8.02. The number of nitrogens with one attached hydrogen (secondary N) is 1. The molecule has 2 aromatic rings. The molecule has 0 saturated carbocycles. The quantitative estimate of drug-likeness (QED) is 0.845. The molecule has 3 nitrogen and oxygen atoms in total. The predicted octanol–water partition coefficient (Wildman–Crippen LogP) is 4.49. The Morgan fingerprint density at radius 1 is 0.957 bits per heavy atom. The molecule has 2 rings (SSSR count). The summed E-state index contributed by atoms with van der Waals surface area (Å²) in [4.78, 5) is -0.0844. The van der Waals surface area contributed by atoms with Crippen molar-refractivity contribution in [2.75, 3.05) is 0 Å². The Kier molecular flexibility index (Phi) is 5.25. The largest absolute Gasteiger partial charge is 0.416 e. The second-order valence-electron chi connectivity index (χ2n) is 4.60. The topological polar surface area (TPSA) is 46.2 Å². The number of hydrogen-bond donors (Lipinski definition) is 1. The second-order valence-corrected chi connectivity index (χ2v) is 7.18. The van der Waals surface area contributed by atoms with E-state index in [1.807, 2.05) is 0 Å². The first-order valence-corrected chi connectivity index (χ1v) is 8.44. The maximum atomic E-state index is 12.5. The van der Waals surface area contributed by atoms with Crippen LogP contribution in [0.15, 0.2) is 47.4 Å². The van der Waals surface area contributed by atoms with Crippen LogP contribution in [0.25, 0.3) is 0 Å². The minimum absolute atomic E-state index is 0.0844. The summed E-state index contributed by atoms with van der Waals surface area (Å²) < 4.78 is 63.8. The van der Waals surface area contributed by atoms with Gasteiger partial charge in [0.05, 0.1) is 20.5 Å². The number of rotatable bonds is 4. The van der Waals surface area contributed by atoms with E-state index in [9.17, 15) is 21.6 Å². The van der Waals surface area contributed by atoms with Gasteiger partial charge in [0.2, 0.25) is 10.0 Å². The summed E-state index contributed by atoms with van der Waals surface area (Å²) >= 11 is 11.5. The third kappa shape index (κ3) is 4.60. The van der Waals surface area contributed by atoms with Crippen LogP contribution in [0.1, 0.15) is 11.1 Å². The van der Waals surface area contributed by atoms with E-state index >= 15 is 0 Å². The average Bonchev–Trinajstić information content (AvgIpc) is 2.47. The molecule has 0 fully saturated rings. The van der Waals surface area contributed by atoms with E-state index in [0.29, 0.717) is 5.56 Å². The fourth-order valence-corrected chi connectivity index (χ4v) is 3.12. The van der Waals surface area contributed by atoms with Gasteiger partial charge >= 0.3 is 6.18 Å². The van der Waals surface area contributed by atoms with E-state index in [0.717, 1.165) is 12.1 Å². The second kappa shape index (κ2) is 6.68. The minimum atomic E-state index is -4.43. The monoisotopic (exact) mass is 383 g/mol. The number of sulfonamides is 1. The third-order valence-electron chi connectivity index (χ3n) is 2.95. The summed E-state index contributed by atoms with van der Waals surface area (Å²) in [6.45, 7) is -0.152. The van der Waals surface area contributed by atoms with Gasteiger partial charge in [-0.1, -0.05) is 35.3 Å².